The largest absolute Gasteiger partial charge is 0.314 e. The minimum atomic E-state index is 0.388. The van der Waals surface area contributed by atoms with Crippen LogP contribution in [0.4, 0.5) is 5.69 Å². The highest BCUT2D eigenvalue weighted by Gasteiger charge is 2.20. The van der Waals surface area contributed by atoms with Gasteiger partial charge in [-0.05, 0) is 71.5 Å². The van der Waals surface area contributed by atoms with Gasteiger partial charge in [0.25, 0.3) is 0 Å². The molecule has 1 nitrogen and oxygen atoms in total. The van der Waals surface area contributed by atoms with E-state index in [9.17, 15) is 0 Å². The van der Waals surface area contributed by atoms with Crippen LogP contribution in [0.5, 0.6) is 0 Å². The maximum atomic E-state index is 2.43. The third-order valence-electron chi connectivity index (χ3n) is 7.99. The van der Waals surface area contributed by atoms with E-state index >= 15 is 0 Å². The Balaban J connectivity index is 1.53. The summed E-state index contributed by atoms with van der Waals surface area (Å²) in [6, 6.07) is 47.8. The topological polar surface area (TPSA) is 3.24 Å². The van der Waals surface area contributed by atoms with E-state index in [1.165, 1.54) is 49.6 Å². The van der Waals surface area contributed by atoms with Crippen molar-refractivity contribution in [2.24, 2.45) is 0 Å². The number of hydrogen-bond acceptors (Lipinski definition) is 1. The summed E-state index contributed by atoms with van der Waals surface area (Å²) in [5.41, 5.74) is 9.81. The molecule has 0 aromatic heterocycles. The second-order valence-electron chi connectivity index (χ2n) is 10.5. The molecule has 0 amide bonds. The van der Waals surface area contributed by atoms with E-state index in [0.717, 1.165) is 12.1 Å². The van der Waals surface area contributed by atoms with Crippen LogP contribution < -0.4 is 15.3 Å². The van der Waals surface area contributed by atoms with Gasteiger partial charge >= 0.3 is 0 Å². The van der Waals surface area contributed by atoms with Gasteiger partial charge in [-0.25, -0.2) is 0 Å². The first-order chi connectivity index (χ1) is 20.2. The van der Waals surface area contributed by atoms with Crippen LogP contribution in [0.15, 0.2) is 157 Å². The summed E-state index contributed by atoms with van der Waals surface area (Å²) in [5, 5.41) is 2.48. The van der Waals surface area contributed by atoms with Crippen LogP contribution in [0.1, 0.15) is 31.7 Å². The van der Waals surface area contributed by atoms with Crippen molar-refractivity contribution in [3.63, 3.8) is 0 Å². The van der Waals surface area contributed by atoms with Crippen molar-refractivity contribution >= 4 is 17.5 Å². The molecule has 6 rings (SSSR count). The molecule has 0 aliphatic heterocycles. The highest BCUT2D eigenvalue weighted by molar-refractivity contribution is 5.88. The second kappa shape index (κ2) is 12.1. The molecule has 1 aliphatic rings. The van der Waals surface area contributed by atoms with E-state index in [1.807, 2.05) is 0 Å². The van der Waals surface area contributed by atoms with Crippen molar-refractivity contribution in [2.45, 2.75) is 26.2 Å². The van der Waals surface area contributed by atoms with Crippen molar-refractivity contribution < 1.29 is 0 Å². The van der Waals surface area contributed by atoms with Crippen LogP contribution in [0.3, 0.4) is 0 Å². The summed E-state index contributed by atoms with van der Waals surface area (Å²) < 4.78 is 0. The van der Waals surface area contributed by atoms with Gasteiger partial charge in [0.05, 0.1) is 0 Å². The van der Waals surface area contributed by atoms with E-state index in [1.54, 1.807) is 0 Å². The monoisotopic (exact) mass is 529 g/mol. The summed E-state index contributed by atoms with van der Waals surface area (Å²) in [4.78, 5) is 2.43. The Hall–Kier alpha value is -4.88. The summed E-state index contributed by atoms with van der Waals surface area (Å²) >= 11 is 0. The average Bonchev–Trinajstić information content (AvgIpc) is 3.06. The summed E-state index contributed by atoms with van der Waals surface area (Å²) in [7, 11) is 0. The van der Waals surface area contributed by atoms with Crippen LogP contribution >= 0.6 is 0 Å². The van der Waals surface area contributed by atoms with Gasteiger partial charge in [-0.2, -0.15) is 0 Å². The molecule has 5 aromatic carbocycles. The Morgan fingerprint density at radius 3 is 1.93 bits per heavy atom. The van der Waals surface area contributed by atoms with E-state index in [2.05, 4.69) is 177 Å². The molecule has 0 heterocycles. The van der Waals surface area contributed by atoms with Crippen molar-refractivity contribution in [1.82, 2.24) is 0 Å². The number of nitrogens with zero attached hydrogens (tertiary/aromatic N) is 1. The van der Waals surface area contributed by atoms with E-state index in [0.29, 0.717) is 5.92 Å². The molecule has 0 saturated carbocycles. The Morgan fingerprint density at radius 1 is 0.683 bits per heavy atom. The highest BCUT2D eigenvalue weighted by Crippen LogP contribution is 2.38. The smallest absolute Gasteiger partial charge is 0.0464 e. The molecule has 0 radical (unpaired) electrons. The lowest BCUT2D eigenvalue weighted by Crippen LogP contribution is -2.33. The molecule has 0 spiro atoms. The van der Waals surface area contributed by atoms with Crippen LogP contribution in [0, 0.1) is 0 Å². The zero-order valence-electron chi connectivity index (χ0n) is 23.7. The van der Waals surface area contributed by atoms with Gasteiger partial charge in [-0.1, -0.05) is 140 Å². The Kier molecular flexibility index (Phi) is 7.78. The average molecular weight is 530 g/mol. The minimum absolute atomic E-state index is 0.388. The standard InChI is InChI=1S/C40H35N/c1-3-31-15-13-14-22-38(31)30(2)41(36-25-23-33(24-26-36)32-16-7-4-8-17-32)37-27-28-39(34-18-9-5-10-19-34)40(29-37)35-20-11-6-12-21-35/h3-23,25-29,33H,24H2,1-2H3/b31-3-,38-30+. The van der Waals surface area contributed by atoms with Gasteiger partial charge in [0, 0.05) is 28.2 Å². The van der Waals surface area contributed by atoms with Gasteiger partial charge in [0.1, 0.15) is 0 Å². The lowest BCUT2D eigenvalue weighted by atomic mass is 9.91. The minimum Gasteiger partial charge on any atom is -0.314 e. The highest BCUT2D eigenvalue weighted by atomic mass is 15.1. The molecule has 1 atom stereocenters. The number of hydrogen-bond donors (Lipinski definition) is 0. The zero-order chi connectivity index (χ0) is 28.0. The third kappa shape index (κ3) is 5.58. The quantitative estimate of drug-likeness (QED) is 0.212. The molecule has 1 aliphatic carbocycles. The lowest BCUT2D eigenvalue weighted by molar-refractivity contribution is 0.840. The molecule has 0 saturated heterocycles. The first-order valence-corrected chi connectivity index (χ1v) is 14.4. The van der Waals surface area contributed by atoms with Gasteiger partial charge < -0.3 is 4.90 Å². The molecular formula is C40H35N. The molecule has 1 heteroatoms. The van der Waals surface area contributed by atoms with Crippen LogP contribution in [-0.2, 0) is 0 Å². The molecular weight excluding hydrogens is 494 g/mol. The fourth-order valence-electron chi connectivity index (χ4n) is 5.85. The van der Waals surface area contributed by atoms with Crippen molar-refractivity contribution in [1.29, 1.82) is 0 Å². The predicted octanol–water partition coefficient (Wildman–Crippen LogP) is 9.08. The van der Waals surface area contributed by atoms with Gasteiger partial charge in [-0.15, -0.1) is 0 Å². The number of allylic oxidation sites excluding steroid dienone is 3. The second-order valence-corrected chi connectivity index (χ2v) is 10.5. The molecule has 5 aromatic rings. The first kappa shape index (κ1) is 26.3. The van der Waals surface area contributed by atoms with Gasteiger partial charge in [-0.3, -0.25) is 0 Å². The number of benzene rings is 5. The molecule has 0 bridgehead atoms. The van der Waals surface area contributed by atoms with E-state index in [4.69, 9.17) is 0 Å². The van der Waals surface area contributed by atoms with E-state index in [-0.39, 0.29) is 0 Å². The van der Waals surface area contributed by atoms with Crippen molar-refractivity contribution in [2.75, 3.05) is 4.90 Å². The summed E-state index contributed by atoms with van der Waals surface area (Å²) in [5.74, 6) is 0.388. The summed E-state index contributed by atoms with van der Waals surface area (Å²) in [6.45, 7) is 4.36. The first-order valence-electron chi connectivity index (χ1n) is 14.4. The molecule has 200 valence electrons. The Labute approximate surface area is 243 Å². The third-order valence-corrected chi connectivity index (χ3v) is 7.99. The molecule has 0 fully saturated rings. The normalized spacial score (nSPS) is 15.8. The van der Waals surface area contributed by atoms with E-state index < -0.39 is 0 Å². The summed E-state index contributed by atoms with van der Waals surface area (Å²) in [6.07, 6.45) is 10.2. The van der Waals surface area contributed by atoms with Crippen LogP contribution in [-0.4, -0.2) is 0 Å². The van der Waals surface area contributed by atoms with Crippen LogP contribution in [0.25, 0.3) is 34.0 Å². The van der Waals surface area contributed by atoms with Crippen LogP contribution in [0.2, 0.25) is 0 Å². The Bertz CT molecular complexity index is 1810. The maximum absolute atomic E-state index is 2.43. The predicted molar refractivity (Wildman–Crippen MR) is 176 cm³/mol. The number of rotatable bonds is 6. The Morgan fingerprint density at radius 2 is 1.29 bits per heavy atom. The zero-order valence-corrected chi connectivity index (χ0v) is 23.7. The van der Waals surface area contributed by atoms with Gasteiger partial charge in [0.2, 0.25) is 0 Å². The fourth-order valence-corrected chi connectivity index (χ4v) is 5.85. The maximum Gasteiger partial charge on any atom is 0.0464 e. The van der Waals surface area contributed by atoms with Gasteiger partial charge in [0.15, 0.2) is 0 Å². The SMILES string of the molecule is C/C=c1/cccc/c1=C(/C)N(C1=CCC(c2ccccc2)C=C1)c1ccc(-c2ccccc2)c(-c2ccccc2)c1. The molecule has 0 N–H and O–H groups in total. The van der Waals surface area contributed by atoms with Crippen molar-refractivity contribution in [3.05, 3.63) is 173 Å². The lowest BCUT2D eigenvalue weighted by Gasteiger charge is -2.30. The van der Waals surface area contributed by atoms with Crippen molar-refractivity contribution in [3.8, 4) is 22.3 Å². The molecule has 1 unspecified atom stereocenters. The number of anilines is 1. The molecule has 41 heavy (non-hydrogen) atoms. The fraction of sp³-hybridized carbons (Fsp3) is 0.100.